The maximum absolute atomic E-state index is 11.6. The van der Waals surface area contributed by atoms with Crippen LogP contribution in [-0.4, -0.2) is 23.2 Å². The van der Waals surface area contributed by atoms with Crippen LogP contribution in [-0.2, 0) is 9.53 Å². The van der Waals surface area contributed by atoms with Gasteiger partial charge in [-0.05, 0) is 39.3 Å². The Hall–Kier alpha value is -1.58. The standard InChI is InChI=1S/C12H17NO3/c1-5-15-11(14)12(3,4)16-10-8-13-7-6-9(10)2/h6-8H,5H2,1-4H3. The quantitative estimate of drug-likeness (QED) is 0.733. The number of rotatable bonds is 4. The molecule has 0 aromatic carbocycles. The van der Waals surface area contributed by atoms with Crippen LogP contribution in [0.4, 0.5) is 0 Å². The van der Waals surface area contributed by atoms with E-state index in [1.165, 1.54) is 0 Å². The fourth-order valence-electron chi connectivity index (χ4n) is 1.18. The molecule has 1 rings (SSSR count). The van der Waals surface area contributed by atoms with Crippen LogP contribution >= 0.6 is 0 Å². The maximum atomic E-state index is 11.6. The summed E-state index contributed by atoms with van der Waals surface area (Å²) in [6.07, 6.45) is 3.27. The maximum Gasteiger partial charge on any atom is 0.349 e. The normalized spacial score (nSPS) is 11.0. The molecule has 0 saturated heterocycles. The molecular formula is C12H17NO3. The molecule has 0 aliphatic carbocycles. The van der Waals surface area contributed by atoms with E-state index < -0.39 is 5.60 Å². The Labute approximate surface area is 95.6 Å². The fraction of sp³-hybridized carbons (Fsp3) is 0.500. The molecule has 0 fully saturated rings. The molecular weight excluding hydrogens is 206 g/mol. The second-order valence-electron chi connectivity index (χ2n) is 3.97. The average molecular weight is 223 g/mol. The Balaban J connectivity index is 2.80. The summed E-state index contributed by atoms with van der Waals surface area (Å²) in [5.74, 6) is 0.221. The highest BCUT2D eigenvalue weighted by molar-refractivity contribution is 5.79. The van der Waals surface area contributed by atoms with E-state index >= 15 is 0 Å². The minimum absolute atomic E-state index is 0.345. The molecule has 0 unspecified atom stereocenters. The van der Waals surface area contributed by atoms with E-state index in [9.17, 15) is 4.79 Å². The van der Waals surface area contributed by atoms with Gasteiger partial charge in [0, 0.05) is 6.20 Å². The number of hydrogen-bond donors (Lipinski definition) is 0. The third-order valence-electron chi connectivity index (χ3n) is 2.12. The van der Waals surface area contributed by atoms with Crippen molar-refractivity contribution in [3.8, 4) is 5.75 Å². The molecule has 0 bridgehead atoms. The molecule has 0 atom stereocenters. The first-order valence-electron chi connectivity index (χ1n) is 5.24. The van der Waals surface area contributed by atoms with Crippen molar-refractivity contribution in [2.45, 2.75) is 33.3 Å². The molecule has 88 valence electrons. The summed E-state index contributed by atoms with van der Waals surface area (Å²) in [6, 6.07) is 1.83. The lowest BCUT2D eigenvalue weighted by Crippen LogP contribution is -2.39. The van der Waals surface area contributed by atoms with Crippen molar-refractivity contribution < 1.29 is 14.3 Å². The lowest BCUT2D eigenvalue weighted by Gasteiger charge is -2.24. The predicted molar refractivity (Wildman–Crippen MR) is 60.3 cm³/mol. The van der Waals surface area contributed by atoms with Gasteiger partial charge in [0.1, 0.15) is 5.75 Å². The molecule has 4 heteroatoms. The lowest BCUT2D eigenvalue weighted by molar-refractivity contribution is -0.158. The molecule has 16 heavy (non-hydrogen) atoms. The number of aryl methyl sites for hydroxylation is 1. The third kappa shape index (κ3) is 2.95. The van der Waals surface area contributed by atoms with Crippen molar-refractivity contribution in [3.05, 3.63) is 24.0 Å². The van der Waals surface area contributed by atoms with Gasteiger partial charge >= 0.3 is 5.97 Å². The highest BCUT2D eigenvalue weighted by Gasteiger charge is 2.32. The van der Waals surface area contributed by atoms with Gasteiger partial charge in [0.2, 0.25) is 0 Å². The molecule has 0 aliphatic heterocycles. The van der Waals surface area contributed by atoms with E-state index in [-0.39, 0.29) is 5.97 Å². The molecule has 4 nitrogen and oxygen atoms in total. The minimum atomic E-state index is -0.996. The SMILES string of the molecule is CCOC(=O)C(C)(C)Oc1cnccc1C. The highest BCUT2D eigenvalue weighted by Crippen LogP contribution is 2.22. The van der Waals surface area contributed by atoms with Crippen molar-refractivity contribution in [2.75, 3.05) is 6.61 Å². The summed E-state index contributed by atoms with van der Waals surface area (Å²) >= 11 is 0. The monoisotopic (exact) mass is 223 g/mol. The molecule has 1 aromatic rings. The summed E-state index contributed by atoms with van der Waals surface area (Å²) < 4.78 is 10.5. The van der Waals surface area contributed by atoms with Gasteiger partial charge in [0.05, 0.1) is 12.8 Å². The van der Waals surface area contributed by atoms with Crippen LogP contribution in [0.3, 0.4) is 0 Å². The van der Waals surface area contributed by atoms with Crippen LogP contribution in [0.25, 0.3) is 0 Å². The molecule has 0 saturated carbocycles. The van der Waals surface area contributed by atoms with E-state index in [1.54, 1.807) is 33.2 Å². The van der Waals surface area contributed by atoms with Gasteiger partial charge in [-0.2, -0.15) is 0 Å². The van der Waals surface area contributed by atoms with Gasteiger partial charge in [-0.25, -0.2) is 4.79 Å². The van der Waals surface area contributed by atoms with Crippen molar-refractivity contribution >= 4 is 5.97 Å². The third-order valence-corrected chi connectivity index (χ3v) is 2.12. The first-order valence-corrected chi connectivity index (χ1v) is 5.24. The Morgan fingerprint density at radius 2 is 2.19 bits per heavy atom. The number of ether oxygens (including phenoxy) is 2. The smallest absolute Gasteiger partial charge is 0.349 e. The van der Waals surface area contributed by atoms with Crippen LogP contribution in [0.1, 0.15) is 26.3 Å². The number of nitrogens with zero attached hydrogens (tertiary/aromatic N) is 1. The number of esters is 1. The van der Waals surface area contributed by atoms with E-state index in [1.807, 2.05) is 13.0 Å². The molecule has 0 aliphatic rings. The first-order chi connectivity index (χ1) is 7.47. The summed E-state index contributed by atoms with van der Waals surface area (Å²) in [6.45, 7) is 7.37. The van der Waals surface area contributed by atoms with Gasteiger partial charge in [0.25, 0.3) is 0 Å². The van der Waals surface area contributed by atoms with Crippen molar-refractivity contribution in [2.24, 2.45) is 0 Å². The summed E-state index contributed by atoms with van der Waals surface area (Å²) in [5.41, 5.74) is -0.0588. The van der Waals surface area contributed by atoms with Crippen LogP contribution in [0, 0.1) is 6.92 Å². The molecule has 0 radical (unpaired) electrons. The molecule has 1 aromatic heterocycles. The first kappa shape index (κ1) is 12.5. The lowest BCUT2D eigenvalue weighted by atomic mass is 10.1. The second kappa shape index (κ2) is 4.96. The van der Waals surface area contributed by atoms with Gasteiger partial charge in [-0.15, -0.1) is 0 Å². The molecule has 0 spiro atoms. The zero-order valence-electron chi connectivity index (χ0n) is 10.1. The largest absolute Gasteiger partial charge is 0.474 e. The number of hydrogen-bond acceptors (Lipinski definition) is 4. The number of carbonyl (C=O) groups excluding carboxylic acids is 1. The van der Waals surface area contributed by atoms with Crippen molar-refractivity contribution in [1.82, 2.24) is 4.98 Å². The van der Waals surface area contributed by atoms with Crippen molar-refractivity contribution in [3.63, 3.8) is 0 Å². The van der Waals surface area contributed by atoms with E-state index in [4.69, 9.17) is 9.47 Å². The summed E-state index contributed by atoms with van der Waals surface area (Å²) in [5, 5.41) is 0. The fourth-order valence-corrected chi connectivity index (χ4v) is 1.18. The van der Waals surface area contributed by atoms with Crippen LogP contribution in [0.5, 0.6) is 5.75 Å². The zero-order valence-corrected chi connectivity index (χ0v) is 10.1. The minimum Gasteiger partial charge on any atom is -0.474 e. The highest BCUT2D eigenvalue weighted by atomic mass is 16.6. The average Bonchev–Trinajstić information content (AvgIpc) is 2.21. The Kier molecular flexibility index (Phi) is 3.88. The summed E-state index contributed by atoms with van der Waals surface area (Å²) in [7, 11) is 0. The Morgan fingerprint density at radius 3 is 2.75 bits per heavy atom. The topological polar surface area (TPSA) is 48.4 Å². The van der Waals surface area contributed by atoms with E-state index in [0.29, 0.717) is 12.4 Å². The Morgan fingerprint density at radius 1 is 1.50 bits per heavy atom. The van der Waals surface area contributed by atoms with E-state index in [2.05, 4.69) is 4.98 Å². The number of pyridine rings is 1. The molecule has 0 amide bonds. The Bertz CT molecular complexity index is 374. The summed E-state index contributed by atoms with van der Waals surface area (Å²) in [4.78, 5) is 15.6. The zero-order chi connectivity index (χ0) is 12.2. The van der Waals surface area contributed by atoms with Crippen molar-refractivity contribution in [1.29, 1.82) is 0 Å². The van der Waals surface area contributed by atoms with Crippen LogP contribution < -0.4 is 4.74 Å². The van der Waals surface area contributed by atoms with Gasteiger partial charge in [-0.1, -0.05) is 0 Å². The predicted octanol–water partition coefficient (Wildman–Crippen LogP) is 2.11. The number of aromatic nitrogens is 1. The molecule has 1 heterocycles. The van der Waals surface area contributed by atoms with Crippen LogP contribution in [0.2, 0.25) is 0 Å². The van der Waals surface area contributed by atoms with Gasteiger partial charge < -0.3 is 9.47 Å². The van der Waals surface area contributed by atoms with Gasteiger partial charge in [-0.3, -0.25) is 4.98 Å². The van der Waals surface area contributed by atoms with Crippen LogP contribution in [0.15, 0.2) is 18.5 Å². The molecule has 0 N–H and O–H groups in total. The second-order valence-corrected chi connectivity index (χ2v) is 3.97. The number of carbonyl (C=O) groups is 1. The van der Waals surface area contributed by atoms with E-state index in [0.717, 1.165) is 5.56 Å². The van der Waals surface area contributed by atoms with Gasteiger partial charge in [0.15, 0.2) is 5.60 Å².